The van der Waals surface area contributed by atoms with Crippen LogP contribution in [0.3, 0.4) is 0 Å². The molecule has 5 rings (SSSR count). The number of hydrogen-bond acceptors (Lipinski definition) is 6. The number of imidazole rings is 1. The molecule has 0 fully saturated rings. The van der Waals surface area contributed by atoms with Crippen molar-refractivity contribution in [2.75, 3.05) is 0 Å². The molecule has 0 aliphatic heterocycles. The first-order valence-corrected chi connectivity index (χ1v) is 12.8. The van der Waals surface area contributed by atoms with E-state index in [0.717, 1.165) is 28.1 Å². The van der Waals surface area contributed by atoms with Crippen LogP contribution >= 0.6 is 0 Å². The molecule has 2 aromatic carbocycles. The van der Waals surface area contributed by atoms with Crippen LogP contribution in [0, 0.1) is 5.41 Å². The lowest BCUT2D eigenvalue weighted by Crippen LogP contribution is -2.39. The highest BCUT2D eigenvalue weighted by atomic mass is 16.2. The van der Waals surface area contributed by atoms with Crippen LogP contribution in [-0.4, -0.2) is 39.3 Å². The molecule has 10 nitrogen and oxygen atoms in total. The Kier molecular flexibility index (Phi) is 6.56. The average Bonchev–Trinajstić information content (AvgIpc) is 3.54. The van der Waals surface area contributed by atoms with E-state index in [0.29, 0.717) is 42.9 Å². The molecule has 0 saturated heterocycles. The van der Waals surface area contributed by atoms with Crippen molar-refractivity contribution in [3.05, 3.63) is 80.8 Å². The molecule has 0 saturated carbocycles. The number of aromatic nitrogens is 8. The van der Waals surface area contributed by atoms with Crippen molar-refractivity contribution in [3.63, 3.8) is 0 Å². The van der Waals surface area contributed by atoms with Crippen molar-refractivity contribution in [2.24, 2.45) is 12.5 Å². The maximum atomic E-state index is 13.5. The first kappa shape index (κ1) is 25.3. The third-order valence-corrected chi connectivity index (χ3v) is 6.57. The minimum atomic E-state index is -0.332. The number of nitrogens with one attached hydrogen (secondary N) is 1. The highest BCUT2D eigenvalue weighted by Gasteiger charge is 2.23. The smallest absolute Gasteiger partial charge is 0.318 e. The predicted octanol–water partition coefficient (Wildman–Crippen LogP) is 3.79. The van der Waals surface area contributed by atoms with Gasteiger partial charge in [0.2, 0.25) is 5.82 Å². The van der Waals surface area contributed by atoms with Gasteiger partial charge in [-0.05, 0) is 33.7 Å². The van der Waals surface area contributed by atoms with Crippen molar-refractivity contribution in [2.45, 2.75) is 53.6 Å². The van der Waals surface area contributed by atoms with Gasteiger partial charge in [0, 0.05) is 32.1 Å². The largest absolute Gasteiger partial charge is 0.332 e. The predicted molar refractivity (Wildman–Crippen MR) is 147 cm³/mol. The van der Waals surface area contributed by atoms with Crippen molar-refractivity contribution >= 4 is 11.2 Å². The molecule has 0 unspecified atom stereocenters. The Hall–Kier alpha value is -4.34. The third kappa shape index (κ3) is 4.69. The van der Waals surface area contributed by atoms with Crippen LogP contribution in [0.1, 0.15) is 45.5 Å². The van der Waals surface area contributed by atoms with Gasteiger partial charge in [0.1, 0.15) is 5.82 Å². The molecule has 10 heteroatoms. The van der Waals surface area contributed by atoms with Crippen LogP contribution in [0.5, 0.6) is 0 Å². The first-order valence-electron chi connectivity index (χ1n) is 12.8. The summed E-state index contributed by atoms with van der Waals surface area (Å²) in [5, 5.41) is 14.5. The Balaban J connectivity index is 1.59. The Labute approximate surface area is 220 Å². The van der Waals surface area contributed by atoms with Crippen LogP contribution in [0.15, 0.2) is 58.1 Å². The van der Waals surface area contributed by atoms with Crippen molar-refractivity contribution in [1.82, 2.24) is 39.3 Å². The Bertz CT molecular complexity index is 1700. The molecular weight excluding hydrogens is 480 g/mol. The van der Waals surface area contributed by atoms with Crippen LogP contribution in [0.4, 0.5) is 0 Å². The number of H-pyrrole nitrogens is 1. The highest BCUT2D eigenvalue weighted by Crippen LogP contribution is 2.30. The zero-order valence-corrected chi connectivity index (χ0v) is 22.4. The van der Waals surface area contributed by atoms with Crippen molar-refractivity contribution < 1.29 is 0 Å². The lowest BCUT2D eigenvalue weighted by Gasteiger charge is -2.19. The molecule has 3 aromatic heterocycles. The SMILES string of the molecule is CCCn1c(=O)c2c(nc(CC(C)(C)C)n2Cc2ccc(-c3ccccc3-c3nn[nH]n3)cc2)n(C)c1=O. The number of rotatable bonds is 7. The van der Waals surface area contributed by atoms with Gasteiger partial charge in [-0.25, -0.2) is 9.78 Å². The normalized spacial score (nSPS) is 11.9. The summed E-state index contributed by atoms with van der Waals surface area (Å²) >= 11 is 0. The summed E-state index contributed by atoms with van der Waals surface area (Å²) in [5.74, 6) is 1.33. The molecule has 0 aliphatic rings. The second kappa shape index (κ2) is 9.85. The molecule has 1 N–H and O–H groups in total. The zero-order valence-electron chi connectivity index (χ0n) is 22.4. The summed E-state index contributed by atoms with van der Waals surface area (Å²) in [6, 6.07) is 16.2. The van der Waals surface area contributed by atoms with Gasteiger partial charge in [-0.1, -0.05) is 76.2 Å². The Morgan fingerprint density at radius 2 is 1.66 bits per heavy atom. The number of hydrogen-bond donors (Lipinski definition) is 1. The quantitative estimate of drug-likeness (QED) is 0.355. The minimum absolute atomic E-state index is 0.0524. The van der Waals surface area contributed by atoms with E-state index in [1.807, 2.05) is 35.8 Å². The van der Waals surface area contributed by atoms with E-state index in [9.17, 15) is 9.59 Å². The Morgan fingerprint density at radius 3 is 2.29 bits per heavy atom. The van der Waals surface area contributed by atoms with Crippen molar-refractivity contribution in [1.29, 1.82) is 0 Å². The standard InChI is InChI=1S/C28H32N8O2/c1-6-15-35-26(37)23-25(34(5)27(35)38)29-22(16-28(2,3)4)36(23)17-18-11-13-19(14-12-18)20-9-7-8-10-21(20)24-30-32-33-31-24/h7-14H,6,15-17H2,1-5H3,(H,30,31,32,33). The fraction of sp³-hybridized carbons (Fsp3) is 0.357. The molecule has 196 valence electrons. The topological polar surface area (TPSA) is 116 Å². The molecule has 0 bridgehead atoms. The summed E-state index contributed by atoms with van der Waals surface area (Å²) in [7, 11) is 1.68. The van der Waals surface area contributed by atoms with Crippen LogP contribution in [-0.2, 0) is 26.6 Å². The second-order valence-corrected chi connectivity index (χ2v) is 10.8. The van der Waals surface area contributed by atoms with Gasteiger partial charge in [-0.15, -0.1) is 10.2 Å². The fourth-order valence-corrected chi connectivity index (χ4v) is 4.80. The molecule has 3 heterocycles. The van der Waals surface area contributed by atoms with E-state index in [-0.39, 0.29) is 16.7 Å². The number of benzene rings is 2. The maximum Gasteiger partial charge on any atom is 0.332 e. The molecule has 0 atom stereocenters. The van der Waals surface area contributed by atoms with Gasteiger partial charge >= 0.3 is 5.69 Å². The minimum Gasteiger partial charge on any atom is -0.318 e. The Morgan fingerprint density at radius 1 is 0.947 bits per heavy atom. The summed E-state index contributed by atoms with van der Waals surface area (Å²) in [6.07, 6.45) is 1.36. The van der Waals surface area contributed by atoms with Crippen LogP contribution in [0.25, 0.3) is 33.7 Å². The highest BCUT2D eigenvalue weighted by molar-refractivity contribution is 5.80. The first-order chi connectivity index (χ1) is 18.2. The molecule has 5 aromatic rings. The van der Waals surface area contributed by atoms with Gasteiger partial charge in [0.25, 0.3) is 5.56 Å². The third-order valence-electron chi connectivity index (χ3n) is 6.57. The average molecular weight is 513 g/mol. The van der Waals surface area contributed by atoms with E-state index < -0.39 is 0 Å². The summed E-state index contributed by atoms with van der Waals surface area (Å²) in [4.78, 5) is 31.3. The van der Waals surface area contributed by atoms with Gasteiger partial charge in [-0.2, -0.15) is 5.21 Å². The lowest BCUT2D eigenvalue weighted by atomic mass is 9.92. The monoisotopic (exact) mass is 512 g/mol. The van der Waals surface area contributed by atoms with Gasteiger partial charge in [0.15, 0.2) is 11.2 Å². The van der Waals surface area contributed by atoms with E-state index >= 15 is 0 Å². The fourth-order valence-electron chi connectivity index (χ4n) is 4.80. The van der Waals surface area contributed by atoms with Gasteiger partial charge in [0.05, 0.1) is 0 Å². The van der Waals surface area contributed by atoms with E-state index in [1.165, 1.54) is 9.13 Å². The van der Waals surface area contributed by atoms with E-state index in [1.54, 1.807) is 7.05 Å². The number of fused-ring (bicyclic) bond motifs is 1. The number of aromatic amines is 1. The lowest BCUT2D eigenvalue weighted by molar-refractivity contribution is 0.394. The maximum absolute atomic E-state index is 13.5. The second-order valence-electron chi connectivity index (χ2n) is 10.8. The van der Waals surface area contributed by atoms with Crippen molar-refractivity contribution in [3.8, 4) is 22.5 Å². The van der Waals surface area contributed by atoms with Crippen LogP contribution in [0.2, 0.25) is 0 Å². The number of aryl methyl sites for hydroxylation is 1. The summed E-state index contributed by atoms with van der Waals surface area (Å²) in [6.45, 7) is 9.21. The van der Waals surface area contributed by atoms with Crippen LogP contribution < -0.4 is 11.2 Å². The molecule has 0 radical (unpaired) electrons. The van der Waals surface area contributed by atoms with E-state index in [4.69, 9.17) is 4.98 Å². The number of tetrazole rings is 1. The van der Waals surface area contributed by atoms with E-state index in [2.05, 4.69) is 65.7 Å². The molecular formula is C28H32N8O2. The molecule has 0 aliphatic carbocycles. The van der Waals surface area contributed by atoms with Gasteiger partial charge < -0.3 is 4.57 Å². The molecule has 0 spiro atoms. The summed E-state index contributed by atoms with van der Waals surface area (Å²) < 4.78 is 4.79. The number of nitrogens with zero attached hydrogens (tertiary/aromatic N) is 7. The summed E-state index contributed by atoms with van der Waals surface area (Å²) in [5.41, 5.74) is 4.15. The molecule has 38 heavy (non-hydrogen) atoms. The van der Waals surface area contributed by atoms with Gasteiger partial charge in [-0.3, -0.25) is 13.9 Å². The zero-order chi connectivity index (χ0) is 27.0. The molecule has 0 amide bonds.